The third-order valence-electron chi connectivity index (χ3n) is 4.74. The summed E-state index contributed by atoms with van der Waals surface area (Å²) in [4.78, 5) is 23.9. The maximum atomic E-state index is 13.0. The summed E-state index contributed by atoms with van der Waals surface area (Å²) < 4.78 is 1.75. The Labute approximate surface area is 154 Å². The van der Waals surface area contributed by atoms with E-state index in [4.69, 9.17) is 0 Å². The molecule has 1 atom stereocenters. The van der Waals surface area contributed by atoms with Gasteiger partial charge in [-0.1, -0.05) is 32.0 Å². The number of hydrogen-bond acceptors (Lipinski definition) is 5. The maximum Gasteiger partial charge on any atom is 0.253 e. The van der Waals surface area contributed by atoms with Crippen molar-refractivity contribution in [3.05, 3.63) is 17.0 Å². The van der Waals surface area contributed by atoms with Crippen molar-refractivity contribution in [2.45, 2.75) is 71.5 Å². The predicted octanol–water partition coefficient (Wildman–Crippen LogP) is 3.43. The lowest BCUT2D eigenvalue weighted by atomic mass is 10.1. The minimum Gasteiger partial charge on any atom is -0.340 e. The van der Waals surface area contributed by atoms with E-state index in [9.17, 15) is 4.79 Å². The molecule has 1 amide bonds. The van der Waals surface area contributed by atoms with Crippen molar-refractivity contribution in [3.8, 4) is 0 Å². The maximum absolute atomic E-state index is 13.0. The van der Waals surface area contributed by atoms with Gasteiger partial charge in [0.1, 0.15) is 0 Å². The Balaban J connectivity index is 2.32. The second-order valence-corrected chi connectivity index (χ2v) is 7.22. The molecule has 0 bridgehead atoms. The first-order valence-electron chi connectivity index (χ1n) is 8.99. The van der Waals surface area contributed by atoms with Gasteiger partial charge < -0.3 is 4.90 Å². The highest BCUT2D eigenvalue weighted by Gasteiger charge is 2.22. The van der Waals surface area contributed by atoms with E-state index in [2.05, 4.69) is 35.8 Å². The molecule has 0 fully saturated rings. The highest BCUT2D eigenvalue weighted by atomic mass is 32.2. The lowest BCUT2D eigenvalue weighted by molar-refractivity contribution is -0.132. The van der Waals surface area contributed by atoms with E-state index in [1.807, 2.05) is 25.0 Å². The molecule has 0 N–H and O–H groups in total. The molecule has 2 aromatic rings. The standard InChI is InChI=1S/C18H29N5OS/c1-7-9-10-22(12(3)8-2)16(24)11-15-13(4)19-17-20-18(25-6)21-23(17)14(15)5/h12H,7-11H2,1-6H3. The largest absolute Gasteiger partial charge is 0.340 e. The van der Waals surface area contributed by atoms with Gasteiger partial charge in [-0.25, -0.2) is 9.50 Å². The van der Waals surface area contributed by atoms with Crippen LogP contribution in [0.5, 0.6) is 0 Å². The Morgan fingerprint density at radius 3 is 2.60 bits per heavy atom. The van der Waals surface area contributed by atoms with Crippen LogP contribution >= 0.6 is 11.8 Å². The number of carbonyl (C=O) groups is 1. The molecule has 0 radical (unpaired) electrons. The number of nitrogens with zero attached hydrogens (tertiary/aromatic N) is 5. The fourth-order valence-corrected chi connectivity index (χ4v) is 3.26. The topological polar surface area (TPSA) is 63.4 Å². The molecule has 0 saturated heterocycles. The number of thioether (sulfide) groups is 1. The van der Waals surface area contributed by atoms with Crippen molar-refractivity contribution >= 4 is 23.4 Å². The van der Waals surface area contributed by atoms with Gasteiger partial charge in [-0.05, 0) is 39.9 Å². The van der Waals surface area contributed by atoms with Gasteiger partial charge in [-0.3, -0.25) is 4.79 Å². The SMILES string of the molecule is CCCCN(C(=O)Cc1c(C)nc2nc(SC)nn2c1C)C(C)CC. The Morgan fingerprint density at radius 1 is 1.28 bits per heavy atom. The van der Waals surface area contributed by atoms with E-state index < -0.39 is 0 Å². The smallest absolute Gasteiger partial charge is 0.253 e. The summed E-state index contributed by atoms with van der Waals surface area (Å²) in [7, 11) is 0. The van der Waals surface area contributed by atoms with Crippen LogP contribution in [-0.2, 0) is 11.2 Å². The van der Waals surface area contributed by atoms with E-state index >= 15 is 0 Å². The molecule has 0 aromatic carbocycles. The van der Waals surface area contributed by atoms with Crippen LogP contribution in [0.1, 0.15) is 57.0 Å². The zero-order valence-electron chi connectivity index (χ0n) is 16.2. The van der Waals surface area contributed by atoms with Gasteiger partial charge in [0, 0.05) is 29.5 Å². The predicted molar refractivity (Wildman–Crippen MR) is 102 cm³/mol. The molecule has 0 saturated carbocycles. The first-order valence-corrected chi connectivity index (χ1v) is 10.2. The van der Waals surface area contributed by atoms with Crippen molar-refractivity contribution in [1.29, 1.82) is 0 Å². The number of fused-ring (bicyclic) bond motifs is 1. The van der Waals surface area contributed by atoms with E-state index in [-0.39, 0.29) is 11.9 Å². The fraction of sp³-hybridized carbons (Fsp3) is 0.667. The van der Waals surface area contributed by atoms with Crippen LogP contribution in [-0.4, -0.2) is 49.2 Å². The van der Waals surface area contributed by atoms with Crippen LogP contribution in [0.2, 0.25) is 0 Å². The summed E-state index contributed by atoms with van der Waals surface area (Å²) in [6, 6.07) is 0.255. The number of rotatable bonds is 8. The molecule has 0 spiro atoms. The molecule has 2 heterocycles. The van der Waals surface area contributed by atoms with Gasteiger partial charge >= 0.3 is 0 Å². The van der Waals surface area contributed by atoms with E-state index in [1.54, 1.807) is 4.52 Å². The van der Waals surface area contributed by atoms with Crippen molar-refractivity contribution in [1.82, 2.24) is 24.5 Å². The summed E-state index contributed by atoms with van der Waals surface area (Å²) in [5, 5.41) is 5.16. The molecule has 7 heteroatoms. The average Bonchev–Trinajstić information content (AvgIpc) is 3.01. The minimum absolute atomic E-state index is 0.167. The van der Waals surface area contributed by atoms with Gasteiger partial charge in [-0.2, -0.15) is 4.98 Å². The molecule has 6 nitrogen and oxygen atoms in total. The first-order chi connectivity index (χ1) is 11.9. The van der Waals surface area contributed by atoms with Crippen LogP contribution < -0.4 is 0 Å². The lowest BCUT2D eigenvalue weighted by Crippen LogP contribution is -2.40. The third-order valence-corrected chi connectivity index (χ3v) is 5.27. The van der Waals surface area contributed by atoms with Gasteiger partial charge in [0.25, 0.3) is 5.78 Å². The first kappa shape index (κ1) is 19.7. The molecule has 25 heavy (non-hydrogen) atoms. The molecule has 138 valence electrons. The normalized spacial score (nSPS) is 12.6. The quantitative estimate of drug-likeness (QED) is 0.672. The van der Waals surface area contributed by atoms with Crippen LogP contribution in [0.3, 0.4) is 0 Å². The van der Waals surface area contributed by atoms with Gasteiger partial charge in [-0.15, -0.1) is 5.10 Å². The Hall–Kier alpha value is -1.63. The van der Waals surface area contributed by atoms with Gasteiger partial charge in [0.05, 0.1) is 6.42 Å². The number of aryl methyl sites for hydroxylation is 2. The molecule has 0 aliphatic carbocycles. The van der Waals surface area contributed by atoms with Crippen LogP contribution in [0.15, 0.2) is 5.16 Å². The summed E-state index contributed by atoms with van der Waals surface area (Å²) >= 11 is 1.49. The number of amides is 1. The number of aromatic nitrogens is 4. The van der Waals surface area contributed by atoms with Gasteiger partial charge in [0.2, 0.25) is 11.1 Å². The van der Waals surface area contributed by atoms with Crippen molar-refractivity contribution in [2.24, 2.45) is 0 Å². The van der Waals surface area contributed by atoms with Crippen molar-refractivity contribution < 1.29 is 4.79 Å². The molecule has 0 aliphatic heterocycles. The molecule has 2 aromatic heterocycles. The zero-order valence-corrected chi connectivity index (χ0v) is 17.0. The number of unbranched alkanes of at least 4 members (excludes halogenated alkanes) is 1. The fourth-order valence-electron chi connectivity index (χ4n) is 2.92. The second kappa shape index (κ2) is 8.65. The third kappa shape index (κ3) is 4.32. The Bertz CT molecular complexity index is 743. The van der Waals surface area contributed by atoms with Crippen LogP contribution in [0.25, 0.3) is 5.78 Å². The van der Waals surface area contributed by atoms with Crippen LogP contribution in [0.4, 0.5) is 0 Å². The summed E-state index contributed by atoms with van der Waals surface area (Å²) in [6.45, 7) is 11.2. The highest BCUT2D eigenvalue weighted by molar-refractivity contribution is 7.98. The highest BCUT2D eigenvalue weighted by Crippen LogP contribution is 2.19. The number of carbonyl (C=O) groups excluding carboxylic acids is 1. The molecule has 2 rings (SSSR count). The molecule has 0 aliphatic rings. The number of hydrogen-bond donors (Lipinski definition) is 0. The summed E-state index contributed by atoms with van der Waals surface area (Å²) in [5.41, 5.74) is 2.76. The van der Waals surface area contributed by atoms with Crippen molar-refractivity contribution in [2.75, 3.05) is 12.8 Å². The second-order valence-electron chi connectivity index (χ2n) is 6.45. The molecule has 1 unspecified atom stereocenters. The van der Waals surface area contributed by atoms with E-state index in [0.717, 1.165) is 42.8 Å². The lowest BCUT2D eigenvalue weighted by Gasteiger charge is -2.29. The Kier molecular flexibility index (Phi) is 6.81. The molecular weight excluding hydrogens is 334 g/mol. The van der Waals surface area contributed by atoms with Gasteiger partial charge in [0.15, 0.2) is 0 Å². The summed E-state index contributed by atoms with van der Waals surface area (Å²) in [5.74, 6) is 0.765. The average molecular weight is 364 g/mol. The Morgan fingerprint density at radius 2 is 2.00 bits per heavy atom. The van der Waals surface area contributed by atoms with E-state index in [1.165, 1.54) is 11.8 Å². The van der Waals surface area contributed by atoms with Crippen molar-refractivity contribution in [3.63, 3.8) is 0 Å². The monoisotopic (exact) mass is 363 g/mol. The summed E-state index contributed by atoms with van der Waals surface area (Å²) in [6.07, 6.45) is 5.39. The van der Waals surface area contributed by atoms with Crippen LogP contribution in [0, 0.1) is 13.8 Å². The van der Waals surface area contributed by atoms with E-state index in [0.29, 0.717) is 17.4 Å². The molecular formula is C18H29N5OS. The zero-order chi connectivity index (χ0) is 18.6. The minimum atomic E-state index is 0.167.